The second kappa shape index (κ2) is 16.7. The van der Waals surface area contributed by atoms with Crippen LogP contribution in [-0.4, -0.2) is 5.54 Å². The van der Waals surface area contributed by atoms with Crippen LogP contribution in [0.4, 0.5) is 0 Å². The first-order chi connectivity index (χ1) is 6.31. The Kier molecular flexibility index (Phi) is 32.1. The van der Waals surface area contributed by atoms with Gasteiger partial charge in [-0.1, -0.05) is 46.5 Å². The predicted molar refractivity (Wildman–Crippen MR) is 77.3 cm³/mol. The van der Waals surface area contributed by atoms with Gasteiger partial charge in [0.05, 0.1) is 0 Å². The summed E-state index contributed by atoms with van der Waals surface area (Å²) in [7, 11) is 0. The Bertz CT molecular complexity index is 212. The summed E-state index contributed by atoms with van der Waals surface area (Å²) >= 11 is 0. The number of hydrogen-bond donors (Lipinski definition) is 0. The molecule has 1 N–H and O–H groups in total. The molecule has 0 aliphatic rings. The summed E-state index contributed by atoms with van der Waals surface area (Å²) < 4.78 is 0. The molecule has 1 unspecified atom stereocenters. The van der Waals surface area contributed by atoms with E-state index in [4.69, 9.17) is 5.73 Å². The van der Waals surface area contributed by atoms with Crippen molar-refractivity contribution in [1.29, 1.82) is 0 Å². The molecule has 0 saturated carbocycles. The summed E-state index contributed by atoms with van der Waals surface area (Å²) in [5.41, 5.74) is 7.67. The van der Waals surface area contributed by atoms with E-state index in [-0.39, 0.29) is 72.3 Å². The van der Waals surface area contributed by atoms with E-state index in [0.717, 1.165) is 6.42 Å². The number of halogens is 2. The molecule has 1 rings (SSSR count). The first-order valence-electron chi connectivity index (χ1n) is 5.23. The van der Waals surface area contributed by atoms with Crippen LogP contribution < -0.4 is 24.8 Å². The van der Waals surface area contributed by atoms with Crippen LogP contribution in [0.15, 0.2) is 30.3 Å². The van der Waals surface area contributed by atoms with Gasteiger partial charge in [-0.2, -0.15) is 18.2 Å². The standard InChI is InChI=1S/C8H18N.C5H5.2CH3.2ClH.Ti/c1-6-8(5,9)7(2,3)4;1-2-4-5-3-1;;;;;/h9H,6H2,1-5H3;1-5H;2*1H3;2*1H;/q4*-1;;;+4/p-2. The minimum atomic E-state index is -0.271. The van der Waals surface area contributed by atoms with Gasteiger partial charge in [0.25, 0.3) is 0 Å². The zero-order chi connectivity index (χ0) is 11.2. The van der Waals surface area contributed by atoms with Crippen LogP contribution in [0.25, 0.3) is 5.73 Å². The van der Waals surface area contributed by atoms with Crippen molar-refractivity contribution in [2.75, 3.05) is 0 Å². The minimum absolute atomic E-state index is 0. The van der Waals surface area contributed by atoms with Gasteiger partial charge in [-0.15, -0.1) is 5.54 Å². The Morgan fingerprint density at radius 3 is 1.32 bits per heavy atom. The molecular weight excluding hydrogens is 313 g/mol. The molecule has 0 amide bonds. The maximum absolute atomic E-state index is 7.83. The summed E-state index contributed by atoms with van der Waals surface area (Å²) in [6.45, 7) is 10.4. The molecule has 0 aliphatic carbocycles. The van der Waals surface area contributed by atoms with Gasteiger partial charge in [-0.25, -0.2) is 12.1 Å². The van der Waals surface area contributed by atoms with Crippen molar-refractivity contribution in [1.82, 2.24) is 0 Å². The third-order valence-electron chi connectivity index (χ3n) is 2.92. The number of rotatable bonds is 1. The van der Waals surface area contributed by atoms with Crippen molar-refractivity contribution in [2.24, 2.45) is 5.41 Å². The van der Waals surface area contributed by atoms with E-state index < -0.39 is 0 Å². The summed E-state index contributed by atoms with van der Waals surface area (Å²) in [4.78, 5) is 0. The quantitative estimate of drug-likeness (QED) is 0.489. The molecule has 1 nitrogen and oxygen atoms in total. The fourth-order valence-corrected chi connectivity index (χ4v) is 0.851. The fourth-order valence-electron chi connectivity index (χ4n) is 0.851. The minimum Gasteiger partial charge on any atom is -1.00 e. The zero-order valence-electron chi connectivity index (χ0n) is 13.3. The zero-order valence-corrected chi connectivity index (χ0v) is 16.4. The molecule has 19 heavy (non-hydrogen) atoms. The van der Waals surface area contributed by atoms with Crippen molar-refractivity contribution in [3.63, 3.8) is 0 Å². The van der Waals surface area contributed by atoms with Crippen molar-refractivity contribution in [2.45, 2.75) is 46.6 Å². The molecule has 0 spiro atoms. The maximum Gasteiger partial charge on any atom is 4.00 e. The molecule has 4 heteroatoms. The monoisotopic (exact) mass is 341 g/mol. The normalized spacial score (nSPS) is 11.3. The number of nitrogens with one attached hydrogen (secondary N) is 1. The Morgan fingerprint density at radius 1 is 0.947 bits per heavy atom. The molecule has 0 saturated heterocycles. The average Bonchev–Trinajstić information content (AvgIpc) is 2.59. The van der Waals surface area contributed by atoms with E-state index in [9.17, 15) is 0 Å². The van der Waals surface area contributed by atoms with Gasteiger partial charge in [0, 0.05) is 0 Å². The third-order valence-corrected chi connectivity index (χ3v) is 2.92. The van der Waals surface area contributed by atoms with Crippen LogP contribution in [0.2, 0.25) is 0 Å². The second-order valence-electron chi connectivity index (χ2n) is 4.90. The van der Waals surface area contributed by atoms with Crippen molar-refractivity contribution < 1.29 is 46.5 Å². The van der Waals surface area contributed by atoms with Crippen LogP contribution in [0.1, 0.15) is 41.0 Å². The van der Waals surface area contributed by atoms with Gasteiger partial charge in [0.15, 0.2) is 0 Å². The van der Waals surface area contributed by atoms with Crippen molar-refractivity contribution in [3.05, 3.63) is 50.9 Å². The Hall–Kier alpha value is 0.604. The first-order valence-corrected chi connectivity index (χ1v) is 5.23. The molecule has 0 aromatic heterocycles. The van der Waals surface area contributed by atoms with E-state index in [2.05, 4.69) is 27.7 Å². The summed E-state index contributed by atoms with van der Waals surface area (Å²) in [6, 6.07) is 10.0. The molecule has 114 valence electrons. The summed E-state index contributed by atoms with van der Waals surface area (Å²) in [5, 5.41) is 0. The molecule has 0 bridgehead atoms. The third kappa shape index (κ3) is 16.6. The van der Waals surface area contributed by atoms with Gasteiger partial charge in [-0.3, -0.25) is 0 Å². The van der Waals surface area contributed by atoms with E-state index >= 15 is 0 Å². The second-order valence-corrected chi connectivity index (χ2v) is 4.90. The number of hydrogen-bond acceptors (Lipinski definition) is 0. The van der Waals surface area contributed by atoms with Gasteiger partial charge in [0.2, 0.25) is 0 Å². The van der Waals surface area contributed by atoms with E-state index in [1.54, 1.807) is 0 Å². The molecule has 1 aromatic rings. The van der Waals surface area contributed by atoms with Gasteiger partial charge in [-0.05, 0) is 0 Å². The molecule has 0 fully saturated rings. The SMILES string of the molecule is CCC(C)([NH-])C(C)(C)C.[CH3-].[CH3-].[Cl-].[Cl-].[Ti+4].c1cc[cH-]c1. The topological polar surface area (TPSA) is 23.8 Å². The van der Waals surface area contributed by atoms with Crippen LogP contribution >= 0.6 is 0 Å². The first kappa shape index (κ1) is 36.7. The molecular formula is C15H29Cl2NTi-2. The molecule has 0 radical (unpaired) electrons. The van der Waals surface area contributed by atoms with Crippen LogP contribution in [-0.2, 0) is 21.7 Å². The van der Waals surface area contributed by atoms with Crippen molar-refractivity contribution in [3.8, 4) is 0 Å². The predicted octanol–water partition coefficient (Wildman–Crippen LogP) is -0.435. The van der Waals surface area contributed by atoms with E-state index in [1.807, 2.05) is 37.3 Å². The Balaban J connectivity index is -0.0000000376. The fraction of sp³-hybridized carbons (Fsp3) is 0.533. The Labute approximate surface area is 149 Å². The van der Waals surface area contributed by atoms with Gasteiger partial charge >= 0.3 is 21.7 Å². The molecule has 1 aromatic carbocycles. The smallest absolute Gasteiger partial charge is 1.00 e. The van der Waals surface area contributed by atoms with Crippen LogP contribution in [0, 0.1) is 20.3 Å². The maximum atomic E-state index is 7.83. The Morgan fingerprint density at radius 2 is 1.26 bits per heavy atom. The summed E-state index contributed by atoms with van der Waals surface area (Å²) in [5.74, 6) is 0. The van der Waals surface area contributed by atoms with Crippen LogP contribution in [0.3, 0.4) is 0 Å². The summed E-state index contributed by atoms with van der Waals surface area (Å²) in [6.07, 6.45) is 0.927. The largest absolute Gasteiger partial charge is 4.00 e. The molecule has 1 atom stereocenters. The van der Waals surface area contributed by atoms with E-state index in [1.165, 1.54) is 0 Å². The molecule has 0 aliphatic heterocycles. The molecule has 0 heterocycles. The average molecular weight is 342 g/mol. The van der Waals surface area contributed by atoms with Gasteiger partial charge in [0.1, 0.15) is 0 Å². The van der Waals surface area contributed by atoms with Crippen LogP contribution in [0.5, 0.6) is 0 Å². The van der Waals surface area contributed by atoms with Crippen molar-refractivity contribution >= 4 is 0 Å². The van der Waals surface area contributed by atoms with Gasteiger partial charge < -0.3 is 45.4 Å². The van der Waals surface area contributed by atoms with E-state index in [0.29, 0.717) is 0 Å².